The first-order chi connectivity index (χ1) is 6.33. The Morgan fingerprint density at radius 1 is 1.31 bits per heavy atom. The molecule has 13 heavy (non-hydrogen) atoms. The zero-order valence-electron chi connectivity index (χ0n) is 8.00. The van der Waals surface area contributed by atoms with E-state index < -0.39 is 0 Å². The van der Waals surface area contributed by atoms with Crippen molar-refractivity contribution in [3.8, 4) is 0 Å². The fourth-order valence-electron chi connectivity index (χ4n) is 1.89. The summed E-state index contributed by atoms with van der Waals surface area (Å²) < 4.78 is 0. The SMILES string of the molecule is CON=C1CCc2c(C)cccc21. The summed E-state index contributed by atoms with van der Waals surface area (Å²) in [4.78, 5) is 4.81. The Labute approximate surface area is 78.2 Å². The first-order valence-electron chi connectivity index (χ1n) is 4.52. The van der Waals surface area contributed by atoms with Gasteiger partial charge in [0, 0.05) is 5.56 Å². The minimum atomic E-state index is 1.01. The molecule has 1 aromatic rings. The highest BCUT2D eigenvalue weighted by atomic mass is 16.6. The number of hydrogen-bond donors (Lipinski definition) is 0. The lowest BCUT2D eigenvalue weighted by atomic mass is 10.0. The summed E-state index contributed by atoms with van der Waals surface area (Å²) in [7, 11) is 1.60. The van der Waals surface area contributed by atoms with Crippen molar-refractivity contribution in [2.45, 2.75) is 19.8 Å². The van der Waals surface area contributed by atoms with Crippen molar-refractivity contribution >= 4 is 5.71 Å². The third-order valence-electron chi connectivity index (χ3n) is 2.53. The van der Waals surface area contributed by atoms with Gasteiger partial charge in [0.15, 0.2) is 0 Å². The van der Waals surface area contributed by atoms with Gasteiger partial charge >= 0.3 is 0 Å². The van der Waals surface area contributed by atoms with Crippen LogP contribution in [0.15, 0.2) is 23.4 Å². The van der Waals surface area contributed by atoms with Gasteiger partial charge in [-0.2, -0.15) is 0 Å². The van der Waals surface area contributed by atoms with Crippen molar-refractivity contribution in [3.63, 3.8) is 0 Å². The Morgan fingerprint density at radius 3 is 2.92 bits per heavy atom. The predicted molar refractivity (Wildman–Crippen MR) is 53.0 cm³/mol. The minimum Gasteiger partial charge on any atom is -0.399 e. The number of hydrogen-bond acceptors (Lipinski definition) is 2. The highest BCUT2D eigenvalue weighted by Gasteiger charge is 2.19. The van der Waals surface area contributed by atoms with E-state index in [0.717, 1.165) is 18.6 Å². The first kappa shape index (κ1) is 8.30. The van der Waals surface area contributed by atoms with Gasteiger partial charge in [0.25, 0.3) is 0 Å². The van der Waals surface area contributed by atoms with Crippen LogP contribution in [-0.2, 0) is 11.3 Å². The summed E-state index contributed by atoms with van der Waals surface area (Å²) in [6.45, 7) is 2.15. The van der Waals surface area contributed by atoms with E-state index >= 15 is 0 Å². The normalized spacial score (nSPS) is 17.5. The number of fused-ring (bicyclic) bond motifs is 1. The molecule has 0 saturated carbocycles. The smallest absolute Gasteiger partial charge is 0.106 e. The van der Waals surface area contributed by atoms with Crippen LogP contribution >= 0.6 is 0 Å². The second-order valence-electron chi connectivity index (χ2n) is 3.32. The predicted octanol–water partition coefficient (Wildman–Crippen LogP) is 2.29. The summed E-state index contributed by atoms with van der Waals surface area (Å²) in [5, 5.41) is 4.02. The monoisotopic (exact) mass is 175 g/mol. The summed E-state index contributed by atoms with van der Waals surface area (Å²) in [6.07, 6.45) is 2.11. The average molecular weight is 175 g/mol. The van der Waals surface area contributed by atoms with Crippen LogP contribution in [0, 0.1) is 6.92 Å². The summed E-state index contributed by atoms with van der Waals surface area (Å²) >= 11 is 0. The third kappa shape index (κ3) is 1.32. The largest absolute Gasteiger partial charge is 0.399 e. The van der Waals surface area contributed by atoms with E-state index in [1.54, 1.807) is 7.11 Å². The van der Waals surface area contributed by atoms with Crippen molar-refractivity contribution in [1.29, 1.82) is 0 Å². The lowest BCUT2D eigenvalue weighted by Gasteiger charge is -2.01. The number of aryl methyl sites for hydroxylation is 1. The highest BCUT2D eigenvalue weighted by molar-refractivity contribution is 6.04. The number of nitrogens with zero attached hydrogens (tertiary/aromatic N) is 1. The quantitative estimate of drug-likeness (QED) is 0.600. The molecule has 0 fully saturated rings. The van der Waals surface area contributed by atoms with Gasteiger partial charge in [-0.25, -0.2) is 0 Å². The fourth-order valence-corrected chi connectivity index (χ4v) is 1.89. The zero-order valence-corrected chi connectivity index (χ0v) is 8.00. The van der Waals surface area contributed by atoms with Gasteiger partial charge in [0.1, 0.15) is 7.11 Å². The van der Waals surface area contributed by atoms with Crippen LogP contribution in [0.3, 0.4) is 0 Å². The maximum Gasteiger partial charge on any atom is 0.106 e. The van der Waals surface area contributed by atoms with Crippen LogP contribution in [0.1, 0.15) is 23.1 Å². The Kier molecular flexibility index (Phi) is 2.05. The van der Waals surface area contributed by atoms with Crippen molar-refractivity contribution in [2.75, 3.05) is 7.11 Å². The Morgan fingerprint density at radius 2 is 2.15 bits per heavy atom. The van der Waals surface area contributed by atoms with E-state index in [4.69, 9.17) is 4.84 Å². The van der Waals surface area contributed by atoms with Gasteiger partial charge in [-0.1, -0.05) is 23.4 Å². The minimum absolute atomic E-state index is 1.01. The molecule has 0 unspecified atom stereocenters. The molecule has 1 aromatic carbocycles. The standard InChI is InChI=1S/C11H13NO/c1-8-4-3-5-10-9(8)6-7-11(10)12-13-2/h3-5H,6-7H2,1-2H3. The van der Waals surface area contributed by atoms with E-state index in [2.05, 4.69) is 30.3 Å². The van der Waals surface area contributed by atoms with Crippen LogP contribution in [0.2, 0.25) is 0 Å². The lowest BCUT2D eigenvalue weighted by molar-refractivity contribution is 0.213. The van der Waals surface area contributed by atoms with Crippen LogP contribution in [0.5, 0.6) is 0 Å². The summed E-state index contributed by atoms with van der Waals surface area (Å²) in [5.74, 6) is 0. The molecule has 0 saturated heterocycles. The summed E-state index contributed by atoms with van der Waals surface area (Å²) in [6, 6.07) is 6.34. The molecule has 1 aliphatic rings. The fraction of sp³-hybridized carbons (Fsp3) is 0.364. The van der Waals surface area contributed by atoms with Crippen molar-refractivity contribution in [2.24, 2.45) is 5.16 Å². The van der Waals surface area contributed by atoms with E-state index in [1.807, 2.05) is 0 Å². The summed E-state index contributed by atoms with van der Waals surface area (Å²) in [5.41, 5.74) is 5.14. The van der Waals surface area contributed by atoms with Crippen LogP contribution < -0.4 is 0 Å². The van der Waals surface area contributed by atoms with Crippen LogP contribution in [-0.4, -0.2) is 12.8 Å². The molecule has 0 aromatic heterocycles. The van der Waals surface area contributed by atoms with Gasteiger partial charge < -0.3 is 4.84 Å². The van der Waals surface area contributed by atoms with Crippen molar-refractivity contribution in [3.05, 3.63) is 34.9 Å². The number of oxime groups is 1. The second kappa shape index (κ2) is 3.21. The number of benzene rings is 1. The zero-order chi connectivity index (χ0) is 9.26. The molecule has 1 aliphatic carbocycles. The molecule has 0 radical (unpaired) electrons. The van der Waals surface area contributed by atoms with Crippen molar-refractivity contribution < 1.29 is 4.84 Å². The number of rotatable bonds is 1. The maximum atomic E-state index is 4.81. The van der Waals surface area contributed by atoms with E-state index in [-0.39, 0.29) is 0 Å². The lowest BCUT2D eigenvalue weighted by Crippen LogP contribution is -1.95. The van der Waals surface area contributed by atoms with Gasteiger partial charge in [0.05, 0.1) is 5.71 Å². The van der Waals surface area contributed by atoms with Gasteiger partial charge in [0.2, 0.25) is 0 Å². The molecule has 68 valence electrons. The molecule has 0 spiro atoms. The Bertz CT molecular complexity index is 355. The molecule has 2 heteroatoms. The molecular formula is C11H13NO. The highest BCUT2D eigenvalue weighted by Crippen LogP contribution is 2.25. The first-order valence-corrected chi connectivity index (χ1v) is 4.52. The molecule has 0 heterocycles. The van der Waals surface area contributed by atoms with E-state index in [9.17, 15) is 0 Å². The molecule has 0 N–H and O–H groups in total. The third-order valence-corrected chi connectivity index (χ3v) is 2.53. The van der Waals surface area contributed by atoms with Gasteiger partial charge in [-0.05, 0) is 30.9 Å². The molecule has 2 nitrogen and oxygen atoms in total. The topological polar surface area (TPSA) is 21.6 Å². The molecule has 2 rings (SSSR count). The molecule has 0 amide bonds. The Balaban J connectivity index is 2.49. The van der Waals surface area contributed by atoms with Crippen LogP contribution in [0.4, 0.5) is 0 Å². The van der Waals surface area contributed by atoms with Crippen LogP contribution in [0.25, 0.3) is 0 Å². The Hall–Kier alpha value is -1.31. The molecule has 0 bridgehead atoms. The van der Waals surface area contributed by atoms with Gasteiger partial charge in [-0.3, -0.25) is 0 Å². The van der Waals surface area contributed by atoms with Gasteiger partial charge in [-0.15, -0.1) is 0 Å². The average Bonchev–Trinajstić information content (AvgIpc) is 2.51. The van der Waals surface area contributed by atoms with E-state index in [0.29, 0.717) is 0 Å². The molecule has 0 atom stereocenters. The van der Waals surface area contributed by atoms with Crippen molar-refractivity contribution in [1.82, 2.24) is 0 Å². The van der Waals surface area contributed by atoms with E-state index in [1.165, 1.54) is 16.7 Å². The molecular weight excluding hydrogens is 162 g/mol. The molecule has 0 aliphatic heterocycles. The second-order valence-corrected chi connectivity index (χ2v) is 3.32. The maximum absolute atomic E-state index is 4.81.